The van der Waals surface area contributed by atoms with E-state index < -0.39 is 11.9 Å². The zero-order valence-corrected chi connectivity index (χ0v) is 8.97. The lowest BCUT2D eigenvalue weighted by Crippen LogP contribution is -2.15. The van der Waals surface area contributed by atoms with E-state index in [4.69, 9.17) is 28.3 Å². The normalized spacial score (nSPS) is 9.73. The van der Waals surface area contributed by atoms with Gasteiger partial charge in [0.1, 0.15) is 5.88 Å². The van der Waals surface area contributed by atoms with Crippen LogP contribution in [-0.2, 0) is 4.79 Å². The summed E-state index contributed by atoms with van der Waals surface area (Å²) in [4.78, 5) is 21.8. The van der Waals surface area contributed by atoms with Gasteiger partial charge in [0.25, 0.3) is 0 Å². The first-order valence-electron chi connectivity index (χ1n) is 3.94. The number of amides is 1. The summed E-state index contributed by atoms with van der Waals surface area (Å²) in [5, 5.41) is 11.3. The molecular weight excluding hydrogens is 241 g/mol. The highest BCUT2D eigenvalue weighted by Gasteiger charge is 2.14. The van der Waals surface area contributed by atoms with Crippen molar-refractivity contribution in [3.8, 4) is 0 Å². The van der Waals surface area contributed by atoms with Gasteiger partial charge in [-0.1, -0.05) is 17.7 Å². The van der Waals surface area contributed by atoms with Crippen LogP contribution in [0.4, 0.5) is 5.69 Å². The van der Waals surface area contributed by atoms with Gasteiger partial charge in [0.2, 0.25) is 5.91 Å². The average Bonchev–Trinajstić information content (AvgIpc) is 2.20. The molecule has 1 rings (SSSR count). The fourth-order valence-electron chi connectivity index (χ4n) is 1.00. The number of nitrogens with one attached hydrogen (secondary N) is 1. The van der Waals surface area contributed by atoms with Crippen LogP contribution >= 0.6 is 23.2 Å². The molecule has 6 heteroatoms. The van der Waals surface area contributed by atoms with Crippen molar-refractivity contribution in [1.82, 2.24) is 0 Å². The molecule has 0 atom stereocenters. The van der Waals surface area contributed by atoms with Gasteiger partial charge in [-0.25, -0.2) is 4.79 Å². The first kappa shape index (κ1) is 11.8. The number of carbonyl (C=O) groups is 2. The minimum absolute atomic E-state index is 0.0670. The molecule has 0 aliphatic carbocycles. The molecule has 0 fully saturated rings. The molecule has 2 N–H and O–H groups in total. The lowest BCUT2D eigenvalue weighted by Gasteiger charge is -2.08. The molecule has 0 bridgehead atoms. The fraction of sp³-hybridized carbons (Fsp3) is 0.111. The second-order valence-corrected chi connectivity index (χ2v) is 3.32. The van der Waals surface area contributed by atoms with Gasteiger partial charge >= 0.3 is 5.97 Å². The maximum atomic E-state index is 11.0. The van der Waals surface area contributed by atoms with Gasteiger partial charge in [-0.05, 0) is 12.1 Å². The van der Waals surface area contributed by atoms with Gasteiger partial charge in [-0.15, -0.1) is 11.6 Å². The van der Waals surface area contributed by atoms with E-state index in [1.54, 1.807) is 0 Å². The molecule has 0 aliphatic heterocycles. The SMILES string of the molecule is O=C(CCl)Nc1c(Cl)cccc1C(=O)O. The van der Waals surface area contributed by atoms with E-state index >= 15 is 0 Å². The van der Waals surface area contributed by atoms with Gasteiger partial charge in [0.15, 0.2) is 0 Å². The zero-order valence-electron chi connectivity index (χ0n) is 7.46. The van der Waals surface area contributed by atoms with Crippen molar-refractivity contribution >= 4 is 40.8 Å². The van der Waals surface area contributed by atoms with Gasteiger partial charge in [0, 0.05) is 0 Å². The number of halogens is 2. The van der Waals surface area contributed by atoms with Crippen LogP contribution in [0.2, 0.25) is 5.02 Å². The maximum Gasteiger partial charge on any atom is 0.337 e. The Bertz CT molecular complexity index is 406. The quantitative estimate of drug-likeness (QED) is 0.806. The number of alkyl halides is 1. The van der Waals surface area contributed by atoms with Crippen LogP contribution in [0.5, 0.6) is 0 Å². The topological polar surface area (TPSA) is 66.4 Å². The Kier molecular flexibility index (Phi) is 3.94. The Morgan fingerprint density at radius 2 is 2.07 bits per heavy atom. The highest BCUT2D eigenvalue weighted by molar-refractivity contribution is 6.35. The number of benzene rings is 1. The van der Waals surface area contributed by atoms with Crippen LogP contribution in [0.3, 0.4) is 0 Å². The van der Waals surface area contributed by atoms with E-state index in [0.29, 0.717) is 0 Å². The number of para-hydroxylation sites is 1. The zero-order chi connectivity index (χ0) is 11.4. The molecule has 0 aromatic heterocycles. The highest BCUT2D eigenvalue weighted by atomic mass is 35.5. The van der Waals surface area contributed by atoms with Gasteiger partial charge in [-0.2, -0.15) is 0 Å². The molecule has 0 heterocycles. The van der Waals surface area contributed by atoms with Crippen molar-refractivity contribution < 1.29 is 14.7 Å². The monoisotopic (exact) mass is 247 g/mol. The van der Waals surface area contributed by atoms with Crippen LogP contribution in [0.25, 0.3) is 0 Å². The number of carboxylic acid groups (broad SMARTS) is 1. The van der Waals surface area contributed by atoms with Crippen LogP contribution in [0, 0.1) is 0 Å². The van der Waals surface area contributed by atoms with Crippen molar-refractivity contribution in [3.05, 3.63) is 28.8 Å². The molecule has 0 unspecified atom stereocenters. The van der Waals surface area contributed by atoms with E-state index in [-0.39, 0.29) is 22.2 Å². The summed E-state index contributed by atoms with van der Waals surface area (Å²) >= 11 is 11.0. The third-order valence-corrected chi connectivity index (χ3v) is 2.19. The largest absolute Gasteiger partial charge is 0.478 e. The number of hydrogen-bond acceptors (Lipinski definition) is 2. The van der Waals surface area contributed by atoms with Crippen molar-refractivity contribution in [1.29, 1.82) is 0 Å². The molecule has 0 saturated heterocycles. The van der Waals surface area contributed by atoms with Crippen LogP contribution < -0.4 is 5.32 Å². The number of carboxylic acids is 1. The summed E-state index contributed by atoms with van der Waals surface area (Å²) in [6.45, 7) is 0. The minimum Gasteiger partial charge on any atom is -0.478 e. The molecule has 0 aliphatic rings. The van der Waals surface area contributed by atoms with E-state index in [9.17, 15) is 9.59 Å². The van der Waals surface area contributed by atoms with Crippen LogP contribution in [-0.4, -0.2) is 22.9 Å². The summed E-state index contributed by atoms with van der Waals surface area (Å²) < 4.78 is 0. The Balaban J connectivity index is 3.13. The molecule has 80 valence electrons. The number of aromatic carboxylic acids is 1. The van der Waals surface area contributed by atoms with E-state index in [0.717, 1.165) is 0 Å². The Hall–Kier alpha value is -1.26. The fourth-order valence-corrected chi connectivity index (χ4v) is 1.29. The van der Waals surface area contributed by atoms with Crippen molar-refractivity contribution in [2.24, 2.45) is 0 Å². The van der Waals surface area contributed by atoms with Gasteiger partial charge in [0.05, 0.1) is 16.3 Å². The minimum atomic E-state index is -1.16. The third kappa shape index (κ3) is 2.84. The predicted molar refractivity (Wildman–Crippen MR) is 57.8 cm³/mol. The molecule has 4 nitrogen and oxygen atoms in total. The Morgan fingerprint density at radius 3 is 2.60 bits per heavy atom. The maximum absolute atomic E-state index is 11.0. The molecule has 0 spiro atoms. The average molecular weight is 248 g/mol. The lowest BCUT2D eigenvalue weighted by atomic mass is 10.2. The first-order chi connectivity index (χ1) is 7.06. The summed E-state index contributed by atoms with van der Waals surface area (Å²) in [5.74, 6) is -1.93. The molecule has 0 saturated carbocycles. The molecular formula is C9H7Cl2NO3. The smallest absolute Gasteiger partial charge is 0.337 e. The number of hydrogen-bond donors (Lipinski definition) is 2. The van der Waals surface area contributed by atoms with Crippen molar-refractivity contribution in [3.63, 3.8) is 0 Å². The molecule has 15 heavy (non-hydrogen) atoms. The Labute approximate surface area is 95.8 Å². The summed E-state index contributed by atoms with van der Waals surface area (Å²) in [6.07, 6.45) is 0. The second-order valence-electron chi connectivity index (χ2n) is 2.65. The summed E-state index contributed by atoms with van der Waals surface area (Å²) in [5.41, 5.74) is -0.00159. The predicted octanol–water partition coefficient (Wildman–Crippen LogP) is 2.22. The summed E-state index contributed by atoms with van der Waals surface area (Å²) in [7, 11) is 0. The van der Waals surface area contributed by atoms with Crippen molar-refractivity contribution in [2.75, 3.05) is 11.2 Å². The first-order valence-corrected chi connectivity index (χ1v) is 4.85. The van der Waals surface area contributed by atoms with E-state index in [2.05, 4.69) is 5.32 Å². The summed E-state index contributed by atoms with van der Waals surface area (Å²) in [6, 6.07) is 4.32. The second kappa shape index (κ2) is 5.00. The van der Waals surface area contributed by atoms with Gasteiger partial charge in [-0.3, -0.25) is 4.79 Å². The van der Waals surface area contributed by atoms with Gasteiger partial charge < -0.3 is 10.4 Å². The number of rotatable bonds is 3. The highest BCUT2D eigenvalue weighted by Crippen LogP contribution is 2.25. The number of carbonyl (C=O) groups excluding carboxylic acids is 1. The van der Waals surface area contributed by atoms with Crippen LogP contribution in [0.15, 0.2) is 18.2 Å². The van der Waals surface area contributed by atoms with E-state index in [1.807, 2.05) is 0 Å². The van der Waals surface area contributed by atoms with E-state index in [1.165, 1.54) is 18.2 Å². The third-order valence-electron chi connectivity index (χ3n) is 1.63. The molecule has 1 aromatic carbocycles. The molecule has 0 radical (unpaired) electrons. The standard InChI is InChI=1S/C9H7Cl2NO3/c10-4-7(13)12-8-5(9(14)15)2-1-3-6(8)11/h1-3H,4H2,(H,12,13)(H,14,15). The van der Waals surface area contributed by atoms with Crippen LogP contribution in [0.1, 0.15) is 10.4 Å². The molecule has 1 amide bonds. The Morgan fingerprint density at radius 1 is 1.40 bits per heavy atom. The molecule has 1 aromatic rings. The lowest BCUT2D eigenvalue weighted by molar-refractivity contribution is -0.113. The number of anilines is 1. The van der Waals surface area contributed by atoms with Crippen molar-refractivity contribution in [2.45, 2.75) is 0 Å².